The highest BCUT2D eigenvalue weighted by Crippen LogP contribution is 1.44. The summed E-state index contributed by atoms with van der Waals surface area (Å²) < 4.78 is 0. The van der Waals surface area contributed by atoms with Gasteiger partial charge in [0.25, 0.3) is 0 Å². The van der Waals surface area contributed by atoms with Crippen molar-refractivity contribution >= 4 is 12.4 Å². The van der Waals surface area contributed by atoms with Gasteiger partial charge < -0.3 is 20.5 Å². The van der Waals surface area contributed by atoms with E-state index >= 15 is 0 Å². The summed E-state index contributed by atoms with van der Waals surface area (Å²) in [7, 11) is 0. The second-order valence-electron chi connectivity index (χ2n) is 0.305. The molecule has 0 spiro atoms. The topological polar surface area (TPSA) is 116 Å². The first-order valence-electron chi connectivity index (χ1n) is 0.930. The zero-order chi connectivity index (χ0) is 6.28. The fourth-order valence-electron chi connectivity index (χ4n) is 0. The Balaban J connectivity index is -0.0000000575. The maximum Gasteiger partial charge on any atom is 0.152 e. The Morgan fingerprint density at radius 1 is 1.50 bits per heavy atom. The summed E-state index contributed by atoms with van der Waals surface area (Å²) in [6.45, 7) is 0. The predicted molar refractivity (Wildman–Crippen MR) is 25.2 cm³/mol. The minimum absolute atomic E-state index is 0. The second-order valence-corrected chi connectivity index (χ2v) is 0.305. The molecule has 0 aromatic rings. The van der Waals surface area contributed by atoms with Crippen molar-refractivity contribution in [1.29, 1.82) is 0 Å². The Hall–Kier alpha value is -1.11. The number of nitrogens with zero attached hydrogens (tertiary/aromatic N) is 2. The lowest BCUT2D eigenvalue weighted by atomic mass is 13.1. The molecule has 50 valence electrons. The van der Waals surface area contributed by atoms with Crippen molar-refractivity contribution in [2.75, 3.05) is 0 Å². The molecule has 8 heavy (non-hydrogen) atoms. The summed E-state index contributed by atoms with van der Waals surface area (Å²) in [5, 5.41) is 22.6. The van der Waals surface area contributed by atoms with Crippen LogP contribution in [0.15, 0.2) is 5.34 Å². The molecule has 0 heterocycles. The van der Waals surface area contributed by atoms with Crippen LogP contribution in [-0.2, 0) is 0 Å². The smallest absolute Gasteiger partial charge is 0.152 e. The van der Waals surface area contributed by atoms with Crippen LogP contribution in [0, 0.1) is 20.2 Å². The normalized spacial score (nSPS) is 4.50. The van der Waals surface area contributed by atoms with Crippen molar-refractivity contribution in [2.24, 2.45) is 5.34 Å². The van der Waals surface area contributed by atoms with E-state index in [1.54, 1.807) is 0 Å². The van der Waals surface area contributed by atoms with E-state index in [2.05, 4.69) is 0 Å². The van der Waals surface area contributed by atoms with Gasteiger partial charge in [-0.25, -0.2) is 0 Å². The summed E-state index contributed by atoms with van der Waals surface area (Å²) in [5.41, 5.74) is 0. The molecular weight excluding hydrogens is 143 g/mol. The van der Waals surface area contributed by atoms with E-state index in [0.29, 0.717) is 0 Å². The van der Waals surface area contributed by atoms with Crippen LogP contribution >= 0.6 is 12.4 Å². The third-order valence-electron chi connectivity index (χ3n) is 0. The molecule has 1 N–H and O–H groups in total. The third-order valence-corrected chi connectivity index (χ3v) is 0. The van der Waals surface area contributed by atoms with E-state index in [4.69, 9.17) is 25.4 Å². The van der Waals surface area contributed by atoms with Crippen LogP contribution in [0.4, 0.5) is 0 Å². The Morgan fingerprint density at radius 3 is 1.50 bits per heavy atom. The number of hydrogen-bond donors (Lipinski definition) is 1. The summed E-state index contributed by atoms with van der Waals surface area (Å²) in [6.07, 6.45) is 0. The van der Waals surface area contributed by atoms with E-state index in [0.717, 1.165) is 0 Å². The van der Waals surface area contributed by atoms with E-state index in [1.807, 2.05) is 0 Å². The van der Waals surface area contributed by atoms with Crippen LogP contribution < -0.4 is 0 Å². The number of hydrogen-bond acceptors (Lipinski definition) is 5. The molecule has 0 amide bonds. The van der Waals surface area contributed by atoms with Crippen molar-refractivity contribution in [3.05, 3.63) is 20.2 Å². The van der Waals surface area contributed by atoms with E-state index in [1.165, 1.54) is 5.34 Å². The van der Waals surface area contributed by atoms with Gasteiger partial charge in [-0.3, -0.25) is 0 Å². The molecule has 0 radical (unpaired) electrons. The molecule has 0 unspecified atom stereocenters. The number of rotatable bonds is 0. The van der Waals surface area contributed by atoms with Gasteiger partial charge in [0.15, 0.2) is 5.34 Å². The average molecular weight is 145 g/mol. The Labute approximate surface area is 49.4 Å². The highest BCUT2D eigenvalue weighted by Gasteiger charge is 1.45. The van der Waals surface area contributed by atoms with Gasteiger partial charge in [-0.1, -0.05) is 0 Å². The van der Waals surface area contributed by atoms with Crippen LogP contribution in [0.2, 0.25) is 0 Å². The third kappa shape index (κ3) is 60.1. The van der Waals surface area contributed by atoms with Crippen LogP contribution in [0.3, 0.4) is 0 Å². The molecule has 0 aliphatic rings. The van der Waals surface area contributed by atoms with E-state index < -0.39 is 5.09 Å². The molecule has 0 fully saturated rings. The Kier molecular flexibility index (Phi) is 33.3. The van der Waals surface area contributed by atoms with Crippen molar-refractivity contribution < 1.29 is 10.3 Å². The van der Waals surface area contributed by atoms with Crippen LogP contribution in [0.5, 0.6) is 0 Å². The van der Waals surface area contributed by atoms with Crippen molar-refractivity contribution in [3.63, 3.8) is 0 Å². The molecule has 8 heteroatoms. The maximum absolute atomic E-state index is 8.25. The maximum atomic E-state index is 8.25. The first-order chi connectivity index (χ1) is 3.15. The summed E-state index contributed by atoms with van der Waals surface area (Å²) in [5.74, 6) is 0. The average Bonchev–Trinajstić information content (AvgIpc) is 1.33. The molecule has 0 aliphatic heterocycles. The van der Waals surface area contributed by atoms with Crippen molar-refractivity contribution in [1.82, 2.24) is 0 Å². The quantitative estimate of drug-likeness (QED) is 0.299. The van der Waals surface area contributed by atoms with Gasteiger partial charge in [0, 0.05) is 0 Å². The minimum Gasteiger partial charge on any atom is -0.379 e. The van der Waals surface area contributed by atoms with Gasteiger partial charge in [-0.2, -0.15) is 0 Å². The van der Waals surface area contributed by atoms with Gasteiger partial charge in [0.05, 0.1) is 5.09 Å². The zero-order valence-corrected chi connectivity index (χ0v) is 4.20. The first-order valence-corrected chi connectivity index (χ1v) is 0.930. The lowest BCUT2D eigenvalue weighted by Gasteiger charge is -1.74. The lowest BCUT2D eigenvalue weighted by Crippen LogP contribution is -1.74. The Bertz CT molecular complexity index is 57.4. The van der Waals surface area contributed by atoms with E-state index in [-0.39, 0.29) is 12.4 Å². The van der Waals surface area contributed by atoms with Gasteiger partial charge in [0.1, 0.15) is 0 Å². The lowest BCUT2D eigenvalue weighted by molar-refractivity contribution is -0.402. The fourth-order valence-corrected chi connectivity index (χ4v) is 0. The van der Waals surface area contributed by atoms with Crippen LogP contribution in [-0.4, -0.2) is 10.3 Å². The van der Waals surface area contributed by atoms with E-state index in [9.17, 15) is 0 Å². The molecule has 0 aromatic carbocycles. The molecular formula is H2ClN2O5-. The van der Waals surface area contributed by atoms with Crippen LogP contribution in [0.1, 0.15) is 0 Å². The molecule has 0 atom stereocenters. The van der Waals surface area contributed by atoms with Gasteiger partial charge >= 0.3 is 0 Å². The summed E-state index contributed by atoms with van der Waals surface area (Å²) in [4.78, 5) is 16.4. The minimum atomic E-state index is -1.75. The molecule has 0 saturated carbocycles. The summed E-state index contributed by atoms with van der Waals surface area (Å²) >= 11 is 0. The van der Waals surface area contributed by atoms with Crippen molar-refractivity contribution in [2.45, 2.75) is 0 Å². The van der Waals surface area contributed by atoms with Gasteiger partial charge in [0.2, 0.25) is 0 Å². The molecule has 0 bridgehead atoms. The molecule has 0 aliphatic carbocycles. The van der Waals surface area contributed by atoms with Gasteiger partial charge in [-0.15, -0.1) is 17.3 Å². The SMILES string of the molecule is Cl.O=NO.O=[N+]([O-])[O-]. The standard InChI is InChI=1S/ClH.NO3.HNO2/c;2-1(3)4;2-1-3/h1H;;(H,2,3)/q;-1;. The predicted octanol–water partition coefficient (Wildman–Crippen LogP) is 0.325. The highest BCUT2D eigenvalue weighted by atomic mass is 35.5. The fraction of sp³-hybridized carbons (Fsp3) is 0. The Morgan fingerprint density at radius 2 is 1.50 bits per heavy atom. The first kappa shape index (κ1) is 15.8. The monoisotopic (exact) mass is 145 g/mol. The largest absolute Gasteiger partial charge is 0.379 e. The van der Waals surface area contributed by atoms with Crippen molar-refractivity contribution in [3.8, 4) is 0 Å². The van der Waals surface area contributed by atoms with Crippen LogP contribution in [0.25, 0.3) is 0 Å². The molecule has 0 rings (SSSR count). The zero-order valence-electron chi connectivity index (χ0n) is 3.38. The molecule has 0 aromatic heterocycles. The summed E-state index contributed by atoms with van der Waals surface area (Å²) in [6, 6.07) is 0. The highest BCUT2D eigenvalue weighted by molar-refractivity contribution is 5.85. The second kappa shape index (κ2) is 16.9. The van der Waals surface area contributed by atoms with Gasteiger partial charge in [-0.05, 0) is 0 Å². The molecule has 7 nitrogen and oxygen atoms in total. The molecule has 0 saturated heterocycles. The number of halogens is 1.